The molecular weight excluding hydrogens is 447 g/mol. The Morgan fingerprint density at radius 1 is 1.06 bits per heavy atom. The van der Waals surface area contributed by atoms with Crippen LogP contribution in [0, 0.1) is 11.7 Å². The Morgan fingerprint density at radius 3 is 2.37 bits per heavy atom. The Bertz CT molecular complexity index is 1070. The van der Waals surface area contributed by atoms with Crippen LogP contribution in [0.4, 0.5) is 9.18 Å². The van der Waals surface area contributed by atoms with Crippen molar-refractivity contribution in [3.8, 4) is 0 Å². The van der Waals surface area contributed by atoms with E-state index in [0.29, 0.717) is 51.9 Å². The van der Waals surface area contributed by atoms with E-state index in [4.69, 9.17) is 0 Å². The molecule has 4 rings (SSSR count). The number of imide groups is 1. The summed E-state index contributed by atoms with van der Waals surface area (Å²) in [5.74, 6) is -1.17. The van der Waals surface area contributed by atoms with Crippen molar-refractivity contribution in [1.82, 2.24) is 20.0 Å². The number of hydrogen-bond donors (Lipinski definition) is 1. The average molecular weight is 481 g/mol. The number of nitrogens with zero attached hydrogens (tertiary/aromatic N) is 3. The molecule has 2 aliphatic heterocycles. The Morgan fingerprint density at radius 2 is 1.71 bits per heavy atom. The number of nitrogens with one attached hydrogen (secondary N) is 1. The summed E-state index contributed by atoms with van der Waals surface area (Å²) in [6.07, 6.45) is 2.26. The third-order valence-corrected chi connectivity index (χ3v) is 7.21. The van der Waals surface area contributed by atoms with Gasteiger partial charge in [-0.1, -0.05) is 42.5 Å². The fourth-order valence-electron chi connectivity index (χ4n) is 5.16. The van der Waals surface area contributed by atoms with Gasteiger partial charge in [0.25, 0.3) is 11.8 Å². The first-order chi connectivity index (χ1) is 16.8. The monoisotopic (exact) mass is 480 g/mol. The van der Waals surface area contributed by atoms with Crippen molar-refractivity contribution in [3.05, 3.63) is 71.5 Å². The molecule has 0 spiro atoms. The fourth-order valence-corrected chi connectivity index (χ4v) is 5.16. The summed E-state index contributed by atoms with van der Waals surface area (Å²) in [7, 11) is 3.81. The second-order valence-electron chi connectivity index (χ2n) is 9.69. The van der Waals surface area contributed by atoms with Gasteiger partial charge in [0, 0.05) is 26.2 Å². The lowest BCUT2D eigenvalue weighted by atomic mass is 9.74. The smallest absolute Gasteiger partial charge is 0.325 e. The SMILES string of the molecule is CN(C)CCN1C(=O)N[C@@](CCc2ccccc2)(C2CCN(C(=O)c3ccccc3F)CC2)C1=O. The van der Waals surface area contributed by atoms with E-state index in [9.17, 15) is 18.8 Å². The molecule has 8 heteroatoms. The maximum absolute atomic E-state index is 14.2. The van der Waals surface area contributed by atoms with Crippen LogP contribution in [0.2, 0.25) is 0 Å². The summed E-state index contributed by atoms with van der Waals surface area (Å²) < 4.78 is 14.2. The molecule has 0 unspecified atom stereocenters. The summed E-state index contributed by atoms with van der Waals surface area (Å²) in [5, 5.41) is 3.07. The largest absolute Gasteiger partial charge is 0.339 e. The molecule has 35 heavy (non-hydrogen) atoms. The van der Waals surface area contributed by atoms with Gasteiger partial charge in [0.15, 0.2) is 0 Å². The number of rotatable bonds is 8. The van der Waals surface area contributed by atoms with Crippen LogP contribution in [0.25, 0.3) is 0 Å². The molecule has 4 amide bonds. The topological polar surface area (TPSA) is 73.0 Å². The van der Waals surface area contributed by atoms with E-state index in [1.54, 1.807) is 17.0 Å². The molecule has 2 saturated heterocycles. The summed E-state index contributed by atoms with van der Waals surface area (Å²) in [4.78, 5) is 44.5. The van der Waals surface area contributed by atoms with E-state index < -0.39 is 11.4 Å². The molecule has 7 nitrogen and oxygen atoms in total. The van der Waals surface area contributed by atoms with E-state index in [0.717, 1.165) is 5.56 Å². The summed E-state index contributed by atoms with van der Waals surface area (Å²) in [6, 6.07) is 15.6. The molecule has 186 valence electrons. The number of carbonyl (C=O) groups is 3. The van der Waals surface area contributed by atoms with Crippen LogP contribution in [0.15, 0.2) is 54.6 Å². The maximum atomic E-state index is 14.2. The first-order valence-electron chi connectivity index (χ1n) is 12.2. The van der Waals surface area contributed by atoms with Gasteiger partial charge in [0.2, 0.25) is 0 Å². The van der Waals surface area contributed by atoms with Crippen molar-refractivity contribution in [1.29, 1.82) is 0 Å². The molecule has 2 aromatic rings. The van der Waals surface area contributed by atoms with E-state index >= 15 is 0 Å². The van der Waals surface area contributed by atoms with Crippen LogP contribution in [-0.2, 0) is 11.2 Å². The lowest BCUT2D eigenvalue weighted by Crippen LogP contribution is -2.57. The van der Waals surface area contributed by atoms with Crippen LogP contribution in [0.5, 0.6) is 0 Å². The lowest BCUT2D eigenvalue weighted by Gasteiger charge is -2.41. The normalized spacial score (nSPS) is 21.0. The predicted molar refractivity (Wildman–Crippen MR) is 131 cm³/mol. The molecule has 1 atom stereocenters. The first kappa shape index (κ1) is 24.9. The molecule has 2 fully saturated rings. The second-order valence-corrected chi connectivity index (χ2v) is 9.69. The number of aryl methyl sites for hydroxylation is 1. The zero-order valence-electron chi connectivity index (χ0n) is 20.4. The quantitative estimate of drug-likeness (QED) is 0.589. The molecule has 2 heterocycles. The van der Waals surface area contributed by atoms with Gasteiger partial charge in [-0.2, -0.15) is 0 Å². The highest BCUT2D eigenvalue weighted by Gasteiger charge is 2.55. The molecule has 0 aliphatic carbocycles. The minimum absolute atomic E-state index is 0.0600. The molecule has 2 aromatic carbocycles. The number of benzene rings is 2. The Balaban J connectivity index is 1.52. The lowest BCUT2D eigenvalue weighted by molar-refractivity contribution is -0.134. The molecule has 0 radical (unpaired) electrons. The van der Waals surface area contributed by atoms with E-state index in [-0.39, 0.29) is 29.3 Å². The molecule has 0 bridgehead atoms. The van der Waals surface area contributed by atoms with E-state index in [1.165, 1.54) is 17.0 Å². The van der Waals surface area contributed by atoms with Gasteiger partial charge in [-0.25, -0.2) is 9.18 Å². The highest BCUT2D eigenvalue weighted by atomic mass is 19.1. The number of likely N-dealkylation sites (N-methyl/N-ethyl adjacent to an activating group) is 1. The predicted octanol–water partition coefficient (Wildman–Crippen LogP) is 3.16. The fraction of sp³-hybridized carbons (Fsp3) is 0.444. The molecule has 0 saturated carbocycles. The average Bonchev–Trinajstić information content (AvgIpc) is 3.11. The number of likely N-dealkylation sites (tertiary alicyclic amines) is 1. The Labute approximate surface area is 205 Å². The van der Waals surface area contributed by atoms with Gasteiger partial charge in [0.1, 0.15) is 11.4 Å². The standard InChI is InChI=1S/C27H33FN4O3/c1-30(2)18-19-32-25(34)27(29-26(32)35,15-12-20-8-4-3-5-9-20)21-13-16-31(17-14-21)24(33)22-10-6-7-11-23(22)28/h3-11,21H,12-19H2,1-2H3,(H,29,35)/t27-/m0/s1. The van der Waals surface area contributed by atoms with Crippen LogP contribution in [0.1, 0.15) is 35.2 Å². The summed E-state index contributed by atoms with van der Waals surface area (Å²) in [5.41, 5.74) is 0.157. The van der Waals surface area contributed by atoms with Crippen LogP contribution < -0.4 is 5.32 Å². The number of amides is 4. The molecule has 0 aromatic heterocycles. The Hall–Kier alpha value is -3.26. The second kappa shape index (κ2) is 10.6. The van der Waals surface area contributed by atoms with Crippen molar-refractivity contribution in [2.45, 2.75) is 31.2 Å². The van der Waals surface area contributed by atoms with Crippen molar-refractivity contribution >= 4 is 17.8 Å². The van der Waals surface area contributed by atoms with Crippen LogP contribution in [-0.4, -0.2) is 78.4 Å². The molecule has 2 aliphatic rings. The van der Waals surface area contributed by atoms with Gasteiger partial charge in [-0.05, 0) is 63.4 Å². The Kier molecular flexibility index (Phi) is 7.50. The first-order valence-corrected chi connectivity index (χ1v) is 12.2. The number of urea groups is 1. The van der Waals surface area contributed by atoms with Crippen molar-refractivity contribution in [2.75, 3.05) is 40.3 Å². The zero-order chi connectivity index (χ0) is 25.0. The van der Waals surface area contributed by atoms with Crippen molar-refractivity contribution in [2.24, 2.45) is 5.92 Å². The minimum atomic E-state index is -1.01. The van der Waals surface area contributed by atoms with Crippen molar-refractivity contribution in [3.63, 3.8) is 0 Å². The van der Waals surface area contributed by atoms with Crippen molar-refractivity contribution < 1.29 is 18.8 Å². The highest BCUT2D eigenvalue weighted by molar-refractivity contribution is 6.07. The number of hydrogen-bond acceptors (Lipinski definition) is 4. The van der Waals surface area contributed by atoms with E-state index in [2.05, 4.69) is 5.32 Å². The minimum Gasteiger partial charge on any atom is -0.339 e. The van der Waals surface area contributed by atoms with Gasteiger partial charge >= 0.3 is 6.03 Å². The van der Waals surface area contributed by atoms with Crippen LogP contribution in [0.3, 0.4) is 0 Å². The molecular formula is C27H33FN4O3. The van der Waals surface area contributed by atoms with Crippen LogP contribution >= 0.6 is 0 Å². The highest BCUT2D eigenvalue weighted by Crippen LogP contribution is 2.37. The maximum Gasteiger partial charge on any atom is 0.325 e. The summed E-state index contributed by atoms with van der Waals surface area (Å²) >= 11 is 0. The van der Waals surface area contributed by atoms with Gasteiger partial charge in [-0.3, -0.25) is 14.5 Å². The van der Waals surface area contributed by atoms with Gasteiger partial charge < -0.3 is 15.1 Å². The third-order valence-electron chi connectivity index (χ3n) is 7.21. The van der Waals surface area contributed by atoms with Gasteiger partial charge in [-0.15, -0.1) is 0 Å². The number of carbonyl (C=O) groups excluding carboxylic acids is 3. The zero-order valence-corrected chi connectivity index (χ0v) is 20.4. The summed E-state index contributed by atoms with van der Waals surface area (Å²) in [6.45, 7) is 1.73. The van der Waals surface area contributed by atoms with E-state index in [1.807, 2.05) is 49.3 Å². The number of halogens is 1. The number of piperidine rings is 1. The third kappa shape index (κ3) is 5.22. The van der Waals surface area contributed by atoms with Gasteiger partial charge in [0.05, 0.1) is 5.56 Å². The molecule has 1 N–H and O–H groups in total.